The molecule has 3 heterocycles. The molecular formula is C16H18N4O5S. The zero-order chi connectivity index (χ0) is 18.7. The normalized spacial score (nSPS) is 16.0. The number of esters is 1. The summed E-state index contributed by atoms with van der Waals surface area (Å²) >= 11 is 1.46. The first-order valence-corrected chi connectivity index (χ1v) is 9.03. The van der Waals surface area contributed by atoms with E-state index in [2.05, 4.69) is 15.5 Å². The molecule has 3 amide bonds. The molecule has 1 fully saturated rings. The molecule has 0 aliphatic carbocycles. The van der Waals surface area contributed by atoms with E-state index < -0.39 is 30.0 Å². The lowest BCUT2D eigenvalue weighted by Gasteiger charge is -2.22. The Morgan fingerprint density at radius 3 is 2.77 bits per heavy atom. The minimum absolute atomic E-state index is 0.135. The number of amides is 3. The van der Waals surface area contributed by atoms with Crippen LogP contribution in [-0.2, 0) is 20.9 Å². The Morgan fingerprint density at radius 1 is 1.38 bits per heavy atom. The molecule has 0 bridgehead atoms. The highest BCUT2D eigenvalue weighted by Crippen LogP contribution is 2.25. The van der Waals surface area contributed by atoms with Gasteiger partial charge in [-0.1, -0.05) is 25.1 Å². The maximum atomic E-state index is 12.4. The summed E-state index contributed by atoms with van der Waals surface area (Å²) in [5, 5.41) is 8.35. The predicted molar refractivity (Wildman–Crippen MR) is 91.0 cm³/mol. The highest BCUT2D eigenvalue weighted by Gasteiger charge is 2.49. The highest BCUT2D eigenvalue weighted by molar-refractivity contribution is 7.13. The number of rotatable bonds is 7. The molecule has 0 aromatic carbocycles. The van der Waals surface area contributed by atoms with Gasteiger partial charge in [-0.15, -0.1) is 11.3 Å². The van der Waals surface area contributed by atoms with Crippen LogP contribution in [0, 0.1) is 0 Å². The molecule has 1 aliphatic heterocycles. The smallest absolute Gasteiger partial charge is 0.326 e. The summed E-state index contributed by atoms with van der Waals surface area (Å²) in [4.78, 5) is 42.3. The fourth-order valence-electron chi connectivity index (χ4n) is 2.69. The zero-order valence-corrected chi connectivity index (χ0v) is 15.2. The average Bonchev–Trinajstić information content (AvgIpc) is 3.36. The Kier molecular flexibility index (Phi) is 5.03. The standard InChI is InChI=1S/C16H18N4O5S/c1-3-16(4-2)14(22)20(15(23)18-16)8-12(21)24-9-11-17-13(19-25-11)10-6-5-7-26-10/h5-7H,3-4,8-9H2,1-2H3,(H,18,23). The second-order valence-electron chi connectivity index (χ2n) is 5.76. The summed E-state index contributed by atoms with van der Waals surface area (Å²) < 4.78 is 10.1. The van der Waals surface area contributed by atoms with Gasteiger partial charge >= 0.3 is 12.0 Å². The van der Waals surface area contributed by atoms with Crippen molar-refractivity contribution in [2.45, 2.75) is 38.8 Å². The summed E-state index contributed by atoms with van der Waals surface area (Å²) in [6.45, 7) is 2.93. The van der Waals surface area contributed by atoms with Crippen molar-refractivity contribution in [3.8, 4) is 10.7 Å². The number of ether oxygens (including phenoxy) is 1. The molecule has 0 radical (unpaired) electrons. The number of nitrogens with zero attached hydrogens (tertiary/aromatic N) is 3. The highest BCUT2D eigenvalue weighted by atomic mass is 32.1. The second-order valence-corrected chi connectivity index (χ2v) is 6.71. The van der Waals surface area contributed by atoms with Gasteiger partial charge in [0.2, 0.25) is 5.82 Å². The molecule has 2 aromatic rings. The lowest BCUT2D eigenvalue weighted by atomic mass is 9.93. The molecule has 0 unspecified atom stereocenters. The molecule has 138 valence electrons. The maximum absolute atomic E-state index is 12.4. The summed E-state index contributed by atoms with van der Waals surface area (Å²) in [5.41, 5.74) is -0.945. The molecule has 9 nitrogen and oxygen atoms in total. The van der Waals surface area contributed by atoms with Crippen molar-refractivity contribution in [2.24, 2.45) is 0 Å². The SMILES string of the molecule is CCC1(CC)NC(=O)N(CC(=O)OCc2nc(-c3cccs3)no2)C1=O. The van der Waals surface area contributed by atoms with E-state index in [0.29, 0.717) is 18.7 Å². The Balaban J connectivity index is 1.56. The van der Waals surface area contributed by atoms with Gasteiger partial charge in [-0.05, 0) is 24.3 Å². The van der Waals surface area contributed by atoms with Crippen LogP contribution in [0.1, 0.15) is 32.6 Å². The van der Waals surface area contributed by atoms with Crippen molar-refractivity contribution in [2.75, 3.05) is 6.54 Å². The van der Waals surface area contributed by atoms with E-state index in [1.807, 2.05) is 31.4 Å². The maximum Gasteiger partial charge on any atom is 0.326 e. The molecule has 3 rings (SSSR count). The summed E-state index contributed by atoms with van der Waals surface area (Å²) in [6.07, 6.45) is 0.903. The van der Waals surface area contributed by atoms with Crippen molar-refractivity contribution in [3.63, 3.8) is 0 Å². The van der Waals surface area contributed by atoms with Crippen LogP contribution >= 0.6 is 11.3 Å². The van der Waals surface area contributed by atoms with E-state index in [0.717, 1.165) is 9.78 Å². The van der Waals surface area contributed by atoms with Crippen LogP contribution in [0.5, 0.6) is 0 Å². The van der Waals surface area contributed by atoms with Crippen molar-refractivity contribution in [1.29, 1.82) is 0 Å². The number of hydrogen-bond acceptors (Lipinski definition) is 8. The van der Waals surface area contributed by atoms with E-state index in [4.69, 9.17) is 9.26 Å². The quantitative estimate of drug-likeness (QED) is 0.578. The molecule has 2 aromatic heterocycles. The van der Waals surface area contributed by atoms with Crippen LogP contribution in [0.15, 0.2) is 22.0 Å². The minimum atomic E-state index is -0.945. The Labute approximate surface area is 153 Å². The number of carbonyl (C=O) groups is 3. The molecule has 1 saturated heterocycles. The molecular weight excluding hydrogens is 360 g/mol. The lowest BCUT2D eigenvalue weighted by molar-refractivity contribution is -0.149. The van der Waals surface area contributed by atoms with Gasteiger partial charge < -0.3 is 14.6 Å². The van der Waals surface area contributed by atoms with Crippen molar-refractivity contribution < 1.29 is 23.6 Å². The predicted octanol–water partition coefficient (Wildman–Crippen LogP) is 1.95. The van der Waals surface area contributed by atoms with E-state index in [1.165, 1.54) is 11.3 Å². The van der Waals surface area contributed by atoms with E-state index in [9.17, 15) is 14.4 Å². The van der Waals surface area contributed by atoms with Crippen LogP contribution in [0.25, 0.3) is 10.7 Å². The van der Waals surface area contributed by atoms with Crippen LogP contribution < -0.4 is 5.32 Å². The number of urea groups is 1. The largest absolute Gasteiger partial charge is 0.454 e. The molecule has 0 spiro atoms. The number of thiophene rings is 1. The molecule has 1 N–H and O–H groups in total. The van der Waals surface area contributed by atoms with Crippen molar-refractivity contribution >= 4 is 29.2 Å². The summed E-state index contributed by atoms with van der Waals surface area (Å²) in [7, 11) is 0. The Morgan fingerprint density at radius 2 is 2.15 bits per heavy atom. The number of hydrogen-bond donors (Lipinski definition) is 1. The number of aromatic nitrogens is 2. The Hall–Kier alpha value is -2.75. The lowest BCUT2D eigenvalue weighted by Crippen LogP contribution is -2.46. The van der Waals surface area contributed by atoms with Crippen LogP contribution in [0.3, 0.4) is 0 Å². The van der Waals surface area contributed by atoms with Gasteiger partial charge in [0.25, 0.3) is 11.8 Å². The van der Waals surface area contributed by atoms with Crippen molar-refractivity contribution in [3.05, 3.63) is 23.4 Å². The first-order chi connectivity index (χ1) is 12.5. The third-order valence-electron chi connectivity index (χ3n) is 4.31. The van der Waals surface area contributed by atoms with Crippen LogP contribution in [-0.4, -0.2) is 45.0 Å². The second kappa shape index (κ2) is 7.24. The molecule has 0 saturated carbocycles. The van der Waals surface area contributed by atoms with Gasteiger partial charge in [0.15, 0.2) is 6.61 Å². The molecule has 10 heteroatoms. The first-order valence-electron chi connectivity index (χ1n) is 8.15. The van der Waals surface area contributed by atoms with Gasteiger partial charge in [0.05, 0.1) is 4.88 Å². The van der Waals surface area contributed by atoms with Gasteiger partial charge in [-0.3, -0.25) is 14.5 Å². The van der Waals surface area contributed by atoms with Gasteiger partial charge in [0.1, 0.15) is 12.1 Å². The fraction of sp³-hybridized carbons (Fsp3) is 0.438. The molecule has 0 atom stereocenters. The number of nitrogens with one attached hydrogen (secondary N) is 1. The third kappa shape index (κ3) is 3.32. The topological polar surface area (TPSA) is 115 Å². The van der Waals surface area contributed by atoms with Crippen LogP contribution in [0.2, 0.25) is 0 Å². The van der Waals surface area contributed by atoms with Gasteiger partial charge in [0, 0.05) is 0 Å². The first kappa shape index (κ1) is 18.1. The zero-order valence-electron chi connectivity index (χ0n) is 14.4. The average molecular weight is 378 g/mol. The summed E-state index contributed by atoms with van der Waals surface area (Å²) in [5.74, 6) is -0.596. The third-order valence-corrected chi connectivity index (χ3v) is 5.17. The minimum Gasteiger partial charge on any atom is -0.454 e. The van der Waals surface area contributed by atoms with Gasteiger partial charge in [-0.2, -0.15) is 4.98 Å². The van der Waals surface area contributed by atoms with Crippen molar-refractivity contribution in [1.82, 2.24) is 20.4 Å². The monoisotopic (exact) mass is 378 g/mol. The molecule has 26 heavy (non-hydrogen) atoms. The Bertz CT molecular complexity index is 812. The van der Waals surface area contributed by atoms with Gasteiger partial charge in [-0.25, -0.2) is 4.79 Å². The van der Waals surface area contributed by atoms with Crippen LogP contribution in [0.4, 0.5) is 4.79 Å². The van der Waals surface area contributed by atoms with E-state index in [1.54, 1.807) is 0 Å². The van der Waals surface area contributed by atoms with E-state index >= 15 is 0 Å². The number of imide groups is 1. The van der Waals surface area contributed by atoms with E-state index in [-0.39, 0.29) is 12.5 Å². The number of carbonyl (C=O) groups excluding carboxylic acids is 3. The molecule has 1 aliphatic rings. The summed E-state index contributed by atoms with van der Waals surface area (Å²) in [6, 6.07) is 3.12. The fourth-order valence-corrected chi connectivity index (χ4v) is 3.33.